The van der Waals surface area contributed by atoms with E-state index in [0.717, 1.165) is 12.0 Å². The van der Waals surface area contributed by atoms with Gasteiger partial charge in [-0.25, -0.2) is 0 Å². The number of ether oxygens (including phenoxy) is 2. The molecular weight excluding hydrogens is 244 g/mol. The Hall–Kier alpha value is -1.43. The van der Waals surface area contributed by atoms with Crippen LogP contribution in [0.15, 0.2) is 30.3 Å². The van der Waals surface area contributed by atoms with E-state index in [4.69, 9.17) is 15.2 Å². The van der Waals surface area contributed by atoms with Gasteiger partial charge in [0.05, 0.1) is 13.2 Å². The molecule has 106 valence electrons. The fourth-order valence-electron chi connectivity index (χ4n) is 1.67. The molecule has 0 aliphatic rings. The van der Waals surface area contributed by atoms with Crippen LogP contribution in [-0.4, -0.2) is 45.4 Å². The van der Waals surface area contributed by atoms with E-state index in [0.29, 0.717) is 19.8 Å². The molecule has 0 aliphatic heterocycles. The zero-order valence-electron chi connectivity index (χ0n) is 11.3. The van der Waals surface area contributed by atoms with Gasteiger partial charge < -0.3 is 20.5 Å². The summed E-state index contributed by atoms with van der Waals surface area (Å²) in [5.74, 6) is -0.150. The standard InChI is InChI=1S/C14H22N2O3/c1-18-7-8-19-11-14(17)16-13(10-15)9-12-5-3-2-4-6-12/h2-6,13H,7-11,15H2,1H3,(H,16,17). The van der Waals surface area contributed by atoms with Crippen LogP contribution in [0.4, 0.5) is 0 Å². The van der Waals surface area contributed by atoms with Crippen molar-refractivity contribution in [3.05, 3.63) is 35.9 Å². The maximum atomic E-state index is 11.6. The zero-order chi connectivity index (χ0) is 13.9. The van der Waals surface area contributed by atoms with E-state index in [1.807, 2.05) is 30.3 Å². The highest BCUT2D eigenvalue weighted by molar-refractivity contribution is 5.77. The number of hydrogen-bond acceptors (Lipinski definition) is 4. The zero-order valence-corrected chi connectivity index (χ0v) is 11.3. The van der Waals surface area contributed by atoms with Gasteiger partial charge >= 0.3 is 0 Å². The summed E-state index contributed by atoms with van der Waals surface area (Å²) in [4.78, 5) is 11.6. The third-order valence-corrected chi connectivity index (χ3v) is 2.64. The Morgan fingerprint density at radius 1 is 1.32 bits per heavy atom. The van der Waals surface area contributed by atoms with Gasteiger partial charge in [0, 0.05) is 19.7 Å². The SMILES string of the molecule is COCCOCC(=O)NC(CN)Cc1ccccc1. The van der Waals surface area contributed by atoms with Gasteiger partial charge in [0.1, 0.15) is 6.61 Å². The maximum absolute atomic E-state index is 11.6. The molecule has 19 heavy (non-hydrogen) atoms. The molecule has 0 saturated carbocycles. The fourth-order valence-corrected chi connectivity index (χ4v) is 1.67. The highest BCUT2D eigenvalue weighted by Gasteiger charge is 2.11. The quantitative estimate of drug-likeness (QED) is 0.632. The van der Waals surface area contributed by atoms with Crippen LogP contribution in [0.25, 0.3) is 0 Å². The minimum Gasteiger partial charge on any atom is -0.382 e. The number of nitrogens with one attached hydrogen (secondary N) is 1. The van der Waals surface area contributed by atoms with Crippen LogP contribution in [0.2, 0.25) is 0 Å². The first-order chi connectivity index (χ1) is 9.26. The van der Waals surface area contributed by atoms with Crippen LogP contribution in [0.5, 0.6) is 0 Å². The first-order valence-corrected chi connectivity index (χ1v) is 6.36. The van der Waals surface area contributed by atoms with Crippen molar-refractivity contribution in [2.45, 2.75) is 12.5 Å². The van der Waals surface area contributed by atoms with Crippen molar-refractivity contribution in [1.82, 2.24) is 5.32 Å². The molecule has 0 radical (unpaired) electrons. The Kier molecular flexibility index (Phi) is 7.81. The normalized spacial score (nSPS) is 12.1. The number of carbonyl (C=O) groups excluding carboxylic acids is 1. The second kappa shape index (κ2) is 9.49. The van der Waals surface area contributed by atoms with Crippen molar-refractivity contribution in [1.29, 1.82) is 0 Å². The van der Waals surface area contributed by atoms with Crippen molar-refractivity contribution < 1.29 is 14.3 Å². The lowest BCUT2D eigenvalue weighted by Gasteiger charge is -2.17. The van der Waals surface area contributed by atoms with Crippen molar-refractivity contribution in [2.24, 2.45) is 5.73 Å². The van der Waals surface area contributed by atoms with Gasteiger partial charge in [-0.1, -0.05) is 30.3 Å². The first-order valence-electron chi connectivity index (χ1n) is 6.36. The van der Waals surface area contributed by atoms with Gasteiger partial charge in [0.25, 0.3) is 0 Å². The Morgan fingerprint density at radius 2 is 2.05 bits per heavy atom. The Bertz CT molecular complexity index is 357. The van der Waals surface area contributed by atoms with Crippen LogP contribution in [-0.2, 0) is 20.7 Å². The summed E-state index contributed by atoms with van der Waals surface area (Å²) in [5.41, 5.74) is 6.82. The summed E-state index contributed by atoms with van der Waals surface area (Å²) in [6, 6.07) is 9.87. The van der Waals surface area contributed by atoms with Gasteiger partial charge in [-0.05, 0) is 12.0 Å². The van der Waals surface area contributed by atoms with Gasteiger partial charge in [-0.2, -0.15) is 0 Å². The summed E-state index contributed by atoms with van der Waals surface area (Å²) in [7, 11) is 1.59. The molecule has 1 aromatic carbocycles. The van der Waals surface area contributed by atoms with E-state index < -0.39 is 0 Å². The summed E-state index contributed by atoms with van der Waals surface area (Å²) in [6.45, 7) is 1.33. The topological polar surface area (TPSA) is 73.6 Å². The smallest absolute Gasteiger partial charge is 0.246 e. The maximum Gasteiger partial charge on any atom is 0.246 e. The summed E-state index contributed by atoms with van der Waals surface area (Å²) in [6.07, 6.45) is 0.723. The molecule has 1 atom stereocenters. The molecule has 1 unspecified atom stereocenters. The summed E-state index contributed by atoms with van der Waals surface area (Å²) >= 11 is 0. The average molecular weight is 266 g/mol. The monoisotopic (exact) mass is 266 g/mol. The van der Waals surface area contributed by atoms with E-state index in [2.05, 4.69) is 5.32 Å². The third kappa shape index (κ3) is 6.91. The van der Waals surface area contributed by atoms with Gasteiger partial charge in [0.15, 0.2) is 0 Å². The van der Waals surface area contributed by atoms with Crippen molar-refractivity contribution in [2.75, 3.05) is 33.5 Å². The minimum atomic E-state index is -0.150. The lowest BCUT2D eigenvalue weighted by atomic mass is 10.1. The van der Waals surface area contributed by atoms with E-state index in [1.165, 1.54) is 0 Å². The van der Waals surface area contributed by atoms with Gasteiger partial charge in [-0.15, -0.1) is 0 Å². The number of benzene rings is 1. The van der Waals surface area contributed by atoms with Crippen LogP contribution < -0.4 is 11.1 Å². The largest absolute Gasteiger partial charge is 0.382 e. The molecule has 0 fully saturated rings. The molecule has 0 spiro atoms. The molecule has 0 heterocycles. The van der Waals surface area contributed by atoms with E-state index >= 15 is 0 Å². The van der Waals surface area contributed by atoms with E-state index in [-0.39, 0.29) is 18.6 Å². The molecule has 3 N–H and O–H groups in total. The molecular formula is C14H22N2O3. The Balaban J connectivity index is 2.29. The first kappa shape index (κ1) is 15.6. The van der Waals surface area contributed by atoms with Crippen LogP contribution in [0.1, 0.15) is 5.56 Å². The Morgan fingerprint density at radius 3 is 2.68 bits per heavy atom. The predicted octanol–water partition coefficient (Wildman–Crippen LogP) is 0.336. The summed E-state index contributed by atoms with van der Waals surface area (Å²) in [5, 5.41) is 2.86. The molecule has 1 aromatic rings. The van der Waals surface area contributed by atoms with Crippen molar-refractivity contribution in [3.8, 4) is 0 Å². The predicted molar refractivity (Wildman–Crippen MR) is 73.8 cm³/mol. The second-order valence-electron chi connectivity index (χ2n) is 4.24. The number of methoxy groups -OCH3 is 1. The molecule has 5 nitrogen and oxygen atoms in total. The molecule has 1 amide bonds. The number of nitrogens with two attached hydrogens (primary N) is 1. The number of amides is 1. The number of hydrogen-bond donors (Lipinski definition) is 2. The van der Waals surface area contributed by atoms with E-state index in [9.17, 15) is 4.79 Å². The lowest BCUT2D eigenvalue weighted by Crippen LogP contribution is -2.43. The lowest BCUT2D eigenvalue weighted by molar-refractivity contribution is -0.126. The minimum absolute atomic E-state index is 0.0364. The number of carbonyl (C=O) groups is 1. The molecule has 1 rings (SSSR count). The number of rotatable bonds is 9. The van der Waals surface area contributed by atoms with Gasteiger partial charge in [0.2, 0.25) is 5.91 Å². The Labute approximate surface area is 114 Å². The third-order valence-electron chi connectivity index (χ3n) is 2.64. The second-order valence-corrected chi connectivity index (χ2v) is 4.24. The van der Waals surface area contributed by atoms with Crippen LogP contribution in [0, 0.1) is 0 Å². The average Bonchev–Trinajstić information content (AvgIpc) is 2.44. The van der Waals surface area contributed by atoms with E-state index in [1.54, 1.807) is 7.11 Å². The fraction of sp³-hybridized carbons (Fsp3) is 0.500. The van der Waals surface area contributed by atoms with Gasteiger partial charge in [-0.3, -0.25) is 4.79 Å². The molecule has 0 aliphatic carbocycles. The highest BCUT2D eigenvalue weighted by atomic mass is 16.5. The molecule has 0 saturated heterocycles. The molecule has 0 bridgehead atoms. The van der Waals surface area contributed by atoms with Crippen LogP contribution in [0.3, 0.4) is 0 Å². The van der Waals surface area contributed by atoms with Crippen LogP contribution >= 0.6 is 0 Å². The molecule has 0 aromatic heterocycles. The molecule has 5 heteroatoms. The summed E-state index contributed by atoms with van der Waals surface area (Å²) < 4.78 is 9.98. The van der Waals surface area contributed by atoms with Crippen molar-refractivity contribution in [3.63, 3.8) is 0 Å². The highest BCUT2D eigenvalue weighted by Crippen LogP contribution is 2.02. The van der Waals surface area contributed by atoms with Crippen molar-refractivity contribution >= 4 is 5.91 Å².